The van der Waals surface area contributed by atoms with Gasteiger partial charge in [-0.25, -0.2) is 0 Å². The van der Waals surface area contributed by atoms with Gasteiger partial charge in [0.1, 0.15) is 0 Å². The molecule has 0 saturated carbocycles. The topological polar surface area (TPSA) is 45.0 Å². The molecule has 0 spiro atoms. The van der Waals surface area contributed by atoms with Crippen LogP contribution in [0.2, 0.25) is 0 Å². The number of likely N-dealkylation sites (N-methyl/N-ethyl adjacent to an activating group) is 1. The van der Waals surface area contributed by atoms with E-state index in [9.17, 15) is 0 Å². The molecule has 0 bridgehead atoms. The number of nitrogens with two attached hydrogens (primary N) is 1. The molecule has 3 rings (SSSR count). The number of aromatic nitrogens is 1. The third kappa shape index (κ3) is 2.04. The Morgan fingerprint density at radius 2 is 2.11 bits per heavy atom. The van der Waals surface area contributed by atoms with Gasteiger partial charge in [0.25, 0.3) is 0 Å². The summed E-state index contributed by atoms with van der Waals surface area (Å²) in [5.41, 5.74) is 9.88. The number of rotatable bonds is 1. The first-order valence-corrected chi connectivity index (χ1v) is 6.68. The van der Waals surface area contributed by atoms with Crippen molar-refractivity contribution >= 4 is 10.9 Å². The molecule has 3 heteroatoms. The summed E-state index contributed by atoms with van der Waals surface area (Å²) in [6.45, 7) is 3.10. The first-order valence-electron chi connectivity index (χ1n) is 6.68. The molecule has 18 heavy (non-hydrogen) atoms. The van der Waals surface area contributed by atoms with E-state index in [2.05, 4.69) is 48.1 Å². The van der Waals surface area contributed by atoms with Crippen molar-refractivity contribution in [3.63, 3.8) is 0 Å². The van der Waals surface area contributed by atoms with E-state index in [-0.39, 0.29) is 0 Å². The number of fused-ring (bicyclic) bond motifs is 1. The number of benzene rings is 1. The predicted molar refractivity (Wildman–Crippen MR) is 75.6 cm³/mol. The Morgan fingerprint density at radius 3 is 2.89 bits per heavy atom. The number of nitrogens with one attached hydrogen (secondary N) is 1. The van der Waals surface area contributed by atoms with Crippen molar-refractivity contribution in [3.05, 3.63) is 35.5 Å². The highest BCUT2D eigenvalue weighted by Gasteiger charge is 2.24. The molecule has 0 radical (unpaired) electrons. The van der Waals surface area contributed by atoms with Crippen molar-refractivity contribution in [2.24, 2.45) is 5.73 Å². The summed E-state index contributed by atoms with van der Waals surface area (Å²) in [6, 6.07) is 9.83. The number of hydrogen-bond acceptors (Lipinski definition) is 2. The number of hydrogen-bond donors (Lipinski definition) is 2. The molecule has 1 fully saturated rings. The number of likely N-dealkylation sites (tertiary alicyclic amines) is 1. The van der Waals surface area contributed by atoms with Crippen molar-refractivity contribution in [3.8, 4) is 0 Å². The fourth-order valence-electron chi connectivity index (χ4n) is 3.11. The fraction of sp³-hybridized carbons (Fsp3) is 0.467. The Kier molecular flexibility index (Phi) is 2.88. The first kappa shape index (κ1) is 11.8. The lowest BCUT2D eigenvalue weighted by molar-refractivity contribution is 0.170. The second-order valence-electron chi connectivity index (χ2n) is 5.59. The summed E-state index contributed by atoms with van der Waals surface area (Å²) in [5.74, 6) is 0. The van der Waals surface area contributed by atoms with E-state index >= 15 is 0 Å². The van der Waals surface area contributed by atoms with Gasteiger partial charge in [-0.05, 0) is 56.0 Å². The zero-order chi connectivity index (χ0) is 12.7. The van der Waals surface area contributed by atoms with Crippen LogP contribution >= 0.6 is 0 Å². The molecular weight excluding hydrogens is 222 g/mol. The van der Waals surface area contributed by atoms with Crippen molar-refractivity contribution in [1.29, 1.82) is 0 Å². The van der Waals surface area contributed by atoms with Gasteiger partial charge in [0, 0.05) is 29.8 Å². The molecule has 1 saturated heterocycles. The summed E-state index contributed by atoms with van der Waals surface area (Å²) in [5, 5.41) is 1.31. The standard InChI is InChI=1S/C15H21N3/c1-10-7-12-8-11(3-5-14(12)17-10)15-6-4-13(16)9-18(15)2/h3,5,7-8,13,15,17H,4,6,9,16H2,1-2H3. The summed E-state index contributed by atoms with van der Waals surface area (Å²) < 4.78 is 0. The molecule has 1 aromatic heterocycles. The molecular formula is C15H21N3. The fourth-order valence-corrected chi connectivity index (χ4v) is 3.11. The van der Waals surface area contributed by atoms with Crippen molar-refractivity contribution in [1.82, 2.24) is 9.88 Å². The molecule has 1 aliphatic rings. The molecule has 3 N–H and O–H groups in total. The molecule has 0 aliphatic carbocycles. The summed E-state index contributed by atoms with van der Waals surface area (Å²) in [4.78, 5) is 5.76. The van der Waals surface area contributed by atoms with Crippen LogP contribution in [0.1, 0.15) is 30.1 Å². The number of H-pyrrole nitrogens is 1. The van der Waals surface area contributed by atoms with Crippen LogP contribution in [0.25, 0.3) is 10.9 Å². The monoisotopic (exact) mass is 243 g/mol. The third-order valence-electron chi connectivity index (χ3n) is 4.03. The Bertz CT molecular complexity index is 558. The van der Waals surface area contributed by atoms with Gasteiger partial charge in [-0.1, -0.05) is 6.07 Å². The normalized spacial score (nSPS) is 25.7. The number of nitrogens with zero attached hydrogens (tertiary/aromatic N) is 1. The lowest BCUT2D eigenvalue weighted by atomic mass is 9.93. The number of piperidine rings is 1. The van der Waals surface area contributed by atoms with E-state index in [0.29, 0.717) is 12.1 Å². The largest absolute Gasteiger partial charge is 0.359 e. The molecule has 2 heterocycles. The Hall–Kier alpha value is -1.32. The molecule has 3 nitrogen and oxygen atoms in total. The first-order chi connectivity index (χ1) is 8.63. The third-order valence-corrected chi connectivity index (χ3v) is 4.03. The van der Waals surface area contributed by atoms with Gasteiger partial charge in [-0.15, -0.1) is 0 Å². The van der Waals surface area contributed by atoms with E-state index < -0.39 is 0 Å². The van der Waals surface area contributed by atoms with Crippen LogP contribution in [-0.2, 0) is 0 Å². The lowest BCUT2D eigenvalue weighted by Gasteiger charge is -2.36. The van der Waals surface area contributed by atoms with E-state index in [1.165, 1.54) is 22.2 Å². The summed E-state index contributed by atoms with van der Waals surface area (Å²) in [7, 11) is 2.18. The molecule has 2 aromatic rings. The van der Waals surface area contributed by atoms with E-state index in [4.69, 9.17) is 5.73 Å². The zero-order valence-electron chi connectivity index (χ0n) is 11.1. The van der Waals surface area contributed by atoms with Crippen LogP contribution in [0.3, 0.4) is 0 Å². The van der Waals surface area contributed by atoms with Gasteiger partial charge < -0.3 is 10.7 Å². The van der Waals surface area contributed by atoms with Crippen LogP contribution in [0.5, 0.6) is 0 Å². The maximum absolute atomic E-state index is 6.01. The van der Waals surface area contributed by atoms with Gasteiger partial charge in [0.15, 0.2) is 0 Å². The molecule has 1 aliphatic heterocycles. The maximum Gasteiger partial charge on any atom is 0.0456 e. The maximum atomic E-state index is 6.01. The second kappa shape index (κ2) is 4.41. The minimum Gasteiger partial charge on any atom is -0.359 e. The van der Waals surface area contributed by atoms with Gasteiger partial charge in [0.05, 0.1) is 0 Å². The van der Waals surface area contributed by atoms with Gasteiger partial charge in [0.2, 0.25) is 0 Å². The van der Waals surface area contributed by atoms with E-state index in [1.807, 2.05) is 0 Å². The zero-order valence-corrected chi connectivity index (χ0v) is 11.1. The average molecular weight is 243 g/mol. The van der Waals surface area contributed by atoms with Gasteiger partial charge in [-0.2, -0.15) is 0 Å². The smallest absolute Gasteiger partial charge is 0.0456 e. The number of aryl methyl sites for hydroxylation is 1. The highest BCUT2D eigenvalue weighted by Crippen LogP contribution is 2.31. The van der Waals surface area contributed by atoms with Crippen LogP contribution in [-0.4, -0.2) is 29.5 Å². The molecule has 2 atom stereocenters. The van der Waals surface area contributed by atoms with E-state index in [0.717, 1.165) is 19.4 Å². The molecule has 0 amide bonds. The quantitative estimate of drug-likeness (QED) is 0.808. The SMILES string of the molecule is Cc1cc2cc(C3CCC(N)CN3C)ccc2[nH]1. The van der Waals surface area contributed by atoms with Gasteiger partial charge in [-0.3, -0.25) is 4.90 Å². The predicted octanol–water partition coefficient (Wildman–Crippen LogP) is 2.57. The minimum absolute atomic E-state index is 0.337. The summed E-state index contributed by atoms with van der Waals surface area (Å²) in [6.07, 6.45) is 2.28. The summed E-state index contributed by atoms with van der Waals surface area (Å²) >= 11 is 0. The average Bonchev–Trinajstić information content (AvgIpc) is 2.68. The molecule has 1 aromatic carbocycles. The molecule has 96 valence electrons. The highest BCUT2D eigenvalue weighted by atomic mass is 15.1. The van der Waals surface area contributed by atoms with Crippen molar-refractivity contribution < 1.29 is 0 Å². The number of aromatic amines is 1. The van der Waals surface area contributed by atoms with Crippen LogP contribution in [0, 0.1) is 6.92 Å². The van der Waals surface area contributed by atoms with Crippen LogP contribution in [0.15, 0.2) is 24.3 Å². The van der Waals surface area contributed by atoms with Crippen molar-refractivity contribution in [2.75, 3.05) is 13.6 Å². The Labute approximate surface area is 108 Å². The van der Waals surface area contributed by atoms with Crippen LogP contribution in [0.4, 0.5) is 0 Å². The molecule has 2 unspecified atom stereocenters. The Balaban J connectivity index is 1.93. The lowest BCUT2D eigenvalue weighted by Crippen LogP contribution is -2.42. The second-order valence-corrected chi connectivity index (χ2v) is 5.59. The highest BCUT2D eigenvalue weighted by molar-refractivity contribution is 5.81. The van der Waals surface area contributed by atoms with Gasteiger partial charge >= 0.3 is 0 Å². The van der Waals surface area contributed by atoms with Crippen LogP contribution < -0.4 is 5.73 Å². The van der Waals surface area contributed by atoms with Crippen molar-refractivity contribution in [2.45, 2.75) is 31.8 Å². The minimum atomic E-state index is 0.337. The van der Waals surface area contributed by atoms with E-state index in [1.54, 1.807) is 0 Å². The Morgan fingerprint density at radius 1 is 1.28 bits per heavy atom.